The number of allylic oxidation sites excluding steroid dienone is 2. The molecular formula is C25H27ClN2O4. The van der Waals surface area contributed by atoms with Gasteiger partial charge in [-0.15, -0.1) is 0 Å². The van der Waals surface area contributed by atoms with E-state index in [1.165, 1.54) is 0 Å². The van der Waals surface area contributed by atoms with Crippen LogP contribution in [0, 0.1) is 5.92 Å². The molecule has 2 amide bonds. The Bertz CT molecular complexity index is 944. The topological polar surface area (TPSA) is 84.5 Å². The lowest BCUT2D eigenvalue weighted by molar-refractivity contribution is -0.151. The van der Waals surface area contributed by atoms with Crippen molar-refractivity contribution >= 4 is 29.4 Å². The number of amides is 2. The molecule has 1 aliphatic heterocycles. The molecular weight excluding hydrogens is 428 g/mol. The van der Waals surface area contributed by atoms with Crippen LogP contribution >= 0.6 is 11.6 Å². The van der Waals surface area contributed by atoms with Crippen LogP contribution in [0.4, 0.5) is 0 Å². The summed E-state index contributed by atoms with van der Waals surface area (Å²) in [6.07, 6.45) is 5.02. The first-order valence-electron chi connectivity index (χ1n) is 10.7. The normalized spacial score (nSPS) is 20.8. The second-order valence-corrected chi connectivity index (χ2v) is 8.15. The van der Waals surface area contributed by atoms with Gasteiger partial charge in [0.2, 0.25) is 11.8 Å². The molecule has 0 spiro atoms. The highest BCUT2D eigenvalue weighted by molar-refractivity contribution is 6.30. The van der Waals surface area contributed by atoms with Gasteiger partial charge in [0, 0.05) is 24.4 Å². The first-order valence-corrected chi connectivity index (χ1v) is 11.1. The van der Waals surface area contributed by atoms with Crippen molar-refractivity contribution in [1.29, 1.82) is 0 Å². The Morgan fingerprint density at radius 3 is 2.56 bits per heavy atom. The third kappa shape index (κ3) is 7.54. The number of hydrogen-bond acceptors (Lipinski definition) is 4. The zero-order chi connectivity index (χ0) is 22.8. The van der Waals surface area contributed by atoms with Crippen LogP contribution < -0.4 is 10.6 Å². The molecule has 32 heavy (non-hydrogen) atoms. The molecule has 1 aliphatic rings. The first-order chi connectivity index (χ1) is 15.5. The number of benzene rings is 2. The fraction of sp³-hybridized carbons (Fsp3) is 0.320. The van der Waals surface area contributed by atoms with Gasteiger partial charge in [0.05, 0.1) is 12.0 Å². The van der Waals surface area contributed by atoms with E-state index in [1.54, 1.807) is 12.1 Å². The lowest BCUT2D eigenvalue weighted by Crippen LogP contribution is -2.34. The molecule has 2 N–H and O–H groups in total. The predicted molar refractivity (Wildman–Crippen MR) is 123 cm³/mol. The number of carbonyl (C=O) groups is 3. The fourth-order valence-corrected chi connectivity index (χ4v) is 3.54. The molecule has 2 aromatic rings. The molecule has 1 heterocycles. The van der Waals surface area contributed by atoms with Gasteiger partial charge in [-0.1, -0.05) is 66.2 Å². The highest BCUT2D eigenvalue weighted by Crippen LogP contribution is 2.18. The number of rotatable bonds is 5. The van der Waals surface area contributed by atoms with Crippen LogP contribution in [-0.2, 0) is 25.7 Å². The number of cyclic esters (lactones) is 1. The maximum absolute atomic E-state index is 12.8. The maximum Gasteiger partial charge on any atom is 0.309 e. The largest absolute Gasteiger partial charge is 0.463 e. The second-order valence-electron chi connectivity index (χ2n) is 7.71. The van der Waals surface area contributed by atoms with Gasteiger partial charge in [-0.05, 0) is 36.1 Å². The van der Waals surface area contributed by atoms with Crippen LogP contribution in [0.1, 0.15) is 42.9 Å². The van der Waals surface area contributed by atoms with E-state index in [2.05, 4.69) is 10.6 Å². The Hall–Kier alpha value is -3.12. The summed E-state index contributed by atoms with van der Waals surface area (Å²) in [7, 11) is 0. The highest BCUT2D eigenvalue weighted by Gasteiger charge is 2.25. The van der Waals surface area contributed by atoms with E-state index >= 15 is 0 Å². The van der Waals surface area contributed by atoms with Crippen molar-refractivity contribution in [2.75, 3.05) is 6.61 Å². The predicted octanol–water partition coefficient (Wildman–Crippen LogP) is 4.10. The zero-order valence-corrected chi connectivity index (χ0v) is 18.5. The summed E-state index contributed by atoms with van der Waals surface area (Å²) in [6.45, 7) is 0.372. The van der Waals surface area contributed by atoms with Crippen molar-refractivity contribution < 1.29 is 19.1 Å². The molecule has 6 nitrogen and oxygen atoms in total. The number of esters is 1. The van der Waals surface area contributed by atoms with Gasteiger partial charge < -0.3 is 15.4 Å². The smallest absolute Gasteiger partial charge is 0.309 e. The molecule has 0 unspecified atom stereocenters. The first kappa shape index (κ1) is 23.5. The Morgan fingerprint density at radius 1 is 1.06 bits per heavy atom. The van der Waals surface area contributed by atoms with Crippen molar-refractivity contribution in [1.82, 2.24) is 10.6 Å². The van der Waals surface area contributed by atoms with E-state index in [9.17, 15) is 14.4 Å². The van der Waals surface area contributed by atoms with Crippen LogP contribution in [0.25, 0.3) is 0 Å². The molecule has 0 saturated carbocycles. The summed E-state index contributed by atoms with van der Waals surface area (Å²) in [6, 6.07) is 16.2. The molecule has 0 radical (unpaired) electrons. The van der Waals surface area contributed by atoms with Gasteiger partial charge in [-0.2, -0.15) is 0 Å². The number of hydrogen-bond donors (Lipinski definition) is 2. The second kappa shape index (κ2) is 12.1. The van der Waals surface area contributed by atoms with Gasteiger partial charge in [-0.3, -0.25) is 14.4 Å². The Kier molecular flexibility index (Phi) is 8.87. The van der Waals surface area contributed by atoms with Crippen LogP contribution in [0.2, 0.25) is 5.02 Å². The minimum Gasteiger partial charge on any atom is -0.463 e. The van der Waals surface area contributed by atoms with Crippen molar-refractivity contribution in [2.24, 2.45) is 5.92 Å². The molecule has 7 heteroatoms. The van der Waals surface area contributed by atoms with Crippen LogP contribution in [0.5, 0.6) is 0 Å². The van der Waals surface area contributed by atoms with Crippen LogP contribution in [0.3, 0.4) is 0 Å². The van der Waals surface area contributed by atoms with Gasteiger partial charge in [0.1, 0.15) is 6.61 Å². The minimum absolute atomic E-state index is 0.0151. The molecule has 0 aliphatic carbocycles. The third-order valence-corrected chi connectivity index (χ3v) is 5.47. The molecule has 2 atom stereocenters. The summed E-state index contributed by atoms with van der Waals surface area (Å²) in [4.78, 5) is 37.5. The fourth-order valence-electron chi connectivity index (χ4n) is 3.41. The number of halogens is 1. The molecule has 3 rings (SSSR count). The maximum atomic E-state index is 12.8. The minimum atomic E-state index is -0.594. The van der Waals surface area contributed by atoms with Crippen molar-refractivity contribution in [2.45, 2.75) is 38.3 Å². The van der Waals surface area contributed by atoms with Gasteiger partial charge in [0.15, 0.2) is 0 Å². The number of nitrogens with one attached hydrogen (secondary N) is 2. The van der Waals surface area contributed by atoms with Crippen molar-refractivity contribution in [3.63, 3.8) is 0 Å². The Labute approximate surface area is 193 Å². The monoisotopic (exact) mass is 454 g/mol. The SMILES string of the molecule is O=C(C[C@@H]1C/C=C/CCC(=O)N[C@H](c2ccccc2)COC1=O)NCc1ccc(Cl)cc1. The molecule has 0 saturated heterocycles. The number of carbonyl (C=O) groups excluding carboxylic acids is 3. The average molecular weight is 455 g/mol. The molecule has 0 bridgehead atoms. The molecule has 2 aromatic carbocycles. The molecule has 168 valence electrons. The standard InChI is InChI=1S/C25H27ClN2O4/c26-21-13-11-18(12-14-21)16-27-24(30)15-20-9-5-2-6-10-23(29)28-22(17-32-25(20)31)19-7-3-1-4-8-19/h1-5,7-8,11-14,20,22H,6,9-10,15-17H2,(H,27,30)(H,28,29)/b5-2+/t20-,22-/m0/s1. The van der Waals surface area contributed by atoms with E-state index in [-0.39, 0.29) is 24.8 Å². The summed E-state index contributed by atoms with van der Waals surface area (Å²) in [5.41, 5.74) is 1.78. The van der Waals surface area contributed by atoms with Crippen molar-refractivity contribution in [3.8, 4) is 0 Å². The van der Waals surface area contributed by atoms with Crippen LogP contribution in [-0.4, -0.2) is 24.4 Å². The Morgan fingerprint density at radius 2 is 1.81 bits per heavy atom. The number of ether oxygens (including phenoxy) is 1. The summed E-state index contributed by atoms with van der Waals surface area (Å²) >= 11 is 5.88. The average Bonchev–Trinajstić information content (AvgIpc) is 2.80. The van der Waals surface area contributed by atoms with E-state index in [0.29, 0.717) is 30.8 Å². The van der Waals surface area contributed by atoms with Crippen LogP contribution in [0.15, 0.2) is 66.7 Å². The summed E-state index contributed by atoms with van der Waals surface area (Å²) in [5.74, 6) is -1.37. The Balaban J connectivity index is 1.62. The van der Waals surface area contributed by atoms with E-state index in [0.717, 1.165) is 11.1 Å². The summed E-state index contributed by atoms with van der Waals surface area (Å²) < 4.78 is 5.54. The lowest BCUT2D eigenvalue weighted by atomic mass is 9.99. The lowest BCUT2D eigenvalue weighted by Gasteiger charge is -2.22. The van der Waals surface area contributed by atoms with Gasteiger partial charge >= 0.3 is 5.97 Å². The molecule has 0 aromatic heterocycles. The van der Waals surface area contributed by atoms with E-state index in [1.807, 2.05) is 54.6 Å². The third-order valence-electron chi connectivity index (χ3n) is 5.22. The molecule has 0 fully saturated rings. The highest BCUT2D eigenvalue weighted by atomic mass is 35.5. The van der Waals surface area contributed by atoms with Gasteiger partial charge in [0.25, 0.3) is 0 Å². The van der Waals surface area contributed by atoms with E-state index in [4.69, 9.17) is 16.3 Å². The van der Waals surface area contributed by atoms with E-state index < -0.39 is 17.9 Å². The zero-order valence-electron chi connectivity index (χ0n) is 17.8. The van der Waals surface area contributed by atoms with Crippen molar-refractivity contribution in [3.05, 3.63) is 82.9 Å². The quantitative estimate of drug-likeness (QED) is 0.526. The van der Waals surface area contributed by atoms with Gasteiger partial charge in [-0.25, -0.2) is 0 Å². The summed E-state index contributed by atoms with van der Waals surface area (Å²) in [5, 5.41) is 6.41.